The van der Waals surface area contributed by atoms with E-state index in [1.807, 2.05) is 21.1 Å². The van der Waals surface area contributed by atoms with Gasteiger partial charge < -0.3 is 27.9 Å². The highest BCUT2D eigenvalue weighted by molar-refractivity contribution is 7.45. The van der Waals surface area contributed by atoms with Gasteiger partial charge in [-0.15, -0.1) is 0 Å². The Balaban J connectivity index is 4.10. The fourth-order valence-electron chi connectivity index (χ4n) is 9.51. The third-order valence-corrected chi connectivity index (χ3v) is 16.1. The molecule has 0 aromatic rings. The Hall–Kier alpha value is -5.15. The van der Waals surface area contributed by atoms with Crippen molar-refractivity contribution in [1.29, 1.82) is 0 Å². The first-order valence-electron chi connectivity index (χ1n) is 37.1. The molecule has 0 aliphatic carbocycles. The van der Waals surface area contributed by atoms with Crippen LogP contribution in [0.25, 0.3) is 0 Å². The highest BCUT2D eigenvalue weighted by atomic mass is 31.2. The number of quaternary nitrogens is 1. The molecule has 530 valence electrons. The SMILES string of the molecule is CC/C=C\C/C=C\C/C=C\C/C=C\C/C=C\C/C=C\C/C=C\C/C=C\CCCCCCCCCCCCCCCCCCC(=O)OC(COC(=O)CCCCCC/C=C\C/C=C\C/C=C\C/C=C\C/C=C\C/C=C\C/C=C\C/C=C\CC)COP(=O)([O-])OCC[N+](C)(C)C. The molecule has 0 radical (unpaired) electrons. The topological polar surface area (TPSA) is 111 Å². The second kappa shape index (κ2) is 72.1. The van der Waals surface area contributed by atoms with E-state index in [2.05, 4.69) is 208 Å². The van der Waals surface area contributed by atoms with E-state index in [0.717, 1.165) is 148 Å². The number of rotatable bonds is 66. The van der Waals surface area contributed by atoms with Crippen LogP contribution in [0, 0.1) is 0 Å². The van der Waals surface area contributed by atoms with E-state index >= 15 is 0 Å². The van der Waals surface area contributed by atoms with Gasteiger partial charge in [-0.05, 0) is 141 Å². The second-order valence-corrected chi connectivity index (χ2v) is 26.6. The molecular weight excluding hydrogens is 1180 g/mol. The number of hydrogen-bond donors (Lipinski definition) is 0. The average molecular weight is 1320 g/mol. The van der Waals surface area contributed by atoms with E-state index in [0.29, 0.717) is 23.9 Å². The number of carbonyl (C=O) groups excluding carboxylic acids is 2. The van der Waals surface area contributed by atoms with Crippen molar-refractivity contribution in [3.05, 3.63) is 194 Å². The summed E-state index contributed by atoms with van der Waals surface area (Å²) < 4.78 is 34.3. The molecule has 0 amide bonds. The molecule has 94 heavy (non-hydrogen) atoms. The number of esters is 2. The maximum atomic E-state index is 12.9. The largest absolute Gasteiger partial charge is 0.756 e. The average Bonchev–Trinajstić information content (AvgIpc) is 1.57. The summed E-state index contributed by atoms with van der Waals surface area (Å²) in [5, 5.41) is 0. The maximum absolute atomic E-state index is 12.9. The molecule has 0 saturated heterocycles. The highest BCUT2D eigenvalue weighted by Crippen LogP contribution is 2.38. The summed E-state index contributed by atoms with van der Waals surface area (Å²) in [5.41, 5.74) is 0. The van der Waals surface area contributed by atoms with Gasteiger partial charge in [-0.1, -0.05) is 311 Å². The van der Waals surface area contributed by atoms with Crippen molar-refractivity contribution in [2.45, 2.75) is 277 Å². The molecule has 9 nitrogen and oxygen atoms in total. The number of nitrogens with zero attached hydrogens (tertiary/aromatic N) is 1. The number of phosphoric acid groups is 1. The van der Waals surface area contributed by atoms with E-state index in [1.165, 1.54) is 83.5 Å². The summed E-state index contributed by atoms with van der Waals surface area (Å²) in [6.45, 7) is 3.97. The zero-order valence-electron chi connectivity index (χ0n) is 60.3. The predicted molar refractivity (Wildman–Crippen MR) is 406 cm³/mol. The van der Waals surface area contributed by atoms with Crippen LogP contribution in [0.15, 0.2) is 194 Å². The Morgan fingerprint density at radius 3 is 0.851 bits per heavy atom. The van der Waals surface area contributed by atoms with Crippen LogP contribution < -0.4 is 4.89 Å². The number of phosphoric ester groups is 1. The van der Waals surface area contributed by atoms with Crippen molar-refractivity contribution in [3.63, 3.8) is 0 Å². The van der Waals surface area contributed by atoms with Crippen LogP contribution in [0.4, 0.5) is 0 Å². The van der Waals surface area contributed by atoms with E-state index < -0.39 is 32.5 Å². The minimum atomic E-state index is -4.66. The molecule has 0 bridgehead atoms. The predicted octanol–water partition coefficient (Wildman–Crippen LogP) is 24.2. The molecule has 0 heterocycles. The molecular formula is C84H136NO8P. The standard InChI is InChI=1S/C84H136NO8P/c1-6-8-10-12-14-16-18-20-22-24-26-28-30-32-34-36-37-38-39-40-41-42-43-44-45-46-47-49-51-53-55-57-59-61-63-65-67-69-71-73-75-77-84(87)93-82(81-92-94(88,89)91-79-78-85(3,4)5)80-90-83(86)76-74-72-70-68-66-64-62-60-58-56-54-52-50-48-35-33-31-29-27-25-23-21-19-17-15-13-11-9-7-2/h8-11,14-17,20-23,26-29,32-35,37-38,40-41,43-44,50,52,56,58,62,64,82H,6-7,12-13,18-19,24-25,30-31,36,39,42,45-49,51,53-55,57,59-61,63,65-81H2,1-5H3/b10-8-,11-9-,16-14-,17-15-,22-20-,23-21-,28-26-,29-27-,34-32-,35-33-,38-37-,41-40-,44-43-,52-50-,58-56-,64-62-. The Kier molecular flexibility index (Phi) is 68.2. The van der Waals surface area contributed by atoms with Gasteiger partial charge in [-0.25, -0.2) is 0 Å². The lowest BCUT2D eigenvalue weighted by Gasteiger charge is -2.28. The first-order chi connectivity index (χ1) is 46.0. The lowest BCUT2D eigenvalue weighted by Crippen LogP contribution is -2.37. The van der Waals surface area contributed by atoms with Crippen LogP contribution in [-0.2, 0) is 32.7 Å². The molecule has 2 atom stereocenters. The van der Waals surface area contributed by atoms with Crippen molar-refractivity contribution in [2.75, 3.05) is 47.5 Å². The monoisotopic (exact) mass is 1320 g/mol. The normalized spacial score (nSPS) is 14.2. The summed E-state index contributed by atoms with van der Waals surface area (Å²) in [6, 6.07) is 0. The van der Waals surface area contributed by atoms with Gasteiger partial charge in [-0.2, -0.15) is 0 Å². The fraction of sp³-hybridized carbons (Fsp3) is 0.595. The summed E-state index contributed by atoms with van der Waals surface area (Å²) in [4.78, 5) is 38.1. The zero-order chi connectivity index (χ0) is 68.3. The van der Waals surface area contributed by atoms with E-state index in [9.17, 15) is 19.0 Å². The number of carbonyl (C=O) groups is 2. The Morgan fingerprint density at radius 1 is 0.330 bits per heavy atom. The molecule has 0 spiro atoms. The van der Waals surface area contributed by atoms with Crippen molar-refractivity contribution < 1.29 is 42.1 Å². The van der Waals surface area contributed by atoms with Crippen LogP contribution in [-0.4, -0.2) is 70.0 Å². The fourth-order valence-corrected chi connectivity index (χ4v) is 10.2. The van der Waals surface area contributed by atoms with Crippen LogP contribution in [0.1, 0.15) is 271 Å². The number of likely N-dealkylation sites (N-methyl/N-ethyl adjacent to an activating group) is 1. The molecule has 10 heteroatoms. The minimum absolute atomic E-state index is 0.0444. The molecule has 0 aliphatic rings. The van der Waals surface area contributed by atoms with Gasteiger partial charge in [0.1, 0.15) is 19.8 Å². The van der Waals surface area contributed by atoms with Crippen LogP contribution in [0.5, 0.6) is 0 Å². The van der Waals surface area contributed by atoms with Crippen LogP contribution in [0.3, 0.4) is 0 Å². The summed E-state index contributed by atoms with van der Waals surface area (Å²) in [6.07, 6.45) is 112. The minimum Gasteiger partial charge on any atom is -0.756 e. The smallest absolute Gasteiger partial charge is 0.306 e. The number of ether oxygens (including phenoxy) is 2. The van der Waals surface area contributed by atoms with Crippen molar-refractivity contribution in [1.82, 2.24) is 0 Å². The highest BCUT2D eigenvalue weighted by Gasteiger charge is 2.22. The quantitative estimate of drug-likeness (QED) is 0.0195. The van der Waals surface area contributed by atoms with Gasteiger partial charge in [0.05, 0.1) is 27.7 Å². The first kappa shape index (κ1) is 88.8. The van der Waals surface area contributed by atoms with Gasteiger partial charge in [0, 0.05) is 12.8 Å². The molecule has 0 N–H and O–H groups in total. The van der Waals surface area contributed by atoms with E-state index in [-0.39, 0.29) is 26.1 Å². The molecule has 0 fully saturated rings. The lowest BCUT2D eigenvalue weighted by atomic mass is 10.0. The van der Waals surface area contributed by atoms with Gasteiger partial charge in [-0.3, -0.25) is 14.2 Å². The van der Waals surface area contributed by atoms with Gasteiger partial charge in [0.2, 0.25) is 0 Å². The Morgan fingerprint density at radius 2 is 0.574 bits per heavy atom. The number of unbranched alkanes of at least 4 members (excludes halogenated alkanes) is 20. The van der Waals surface area contributed by atoms with Crippen LogP contribution >= 0.6 is 7.82 Å². The molecule has 0 aromatic carbocycles. The van der Waals surface area contributed by atoms with E-state index in [4.69, 9.17) is 18.5 Å². The van der Waals surface area contributed by atoms with E-state index in [1.54, 1.807) is 0 Å². The molecule has 2 unspecified atom stereocenters. The summed E-state index contributed by atoms with van der Waals surface area (Å²) in [5.74, 6) is -0.871. The third kappa shape index (κ3) is 75.9. The third-order valence-electron chi connectivity index (χ3n) is 15.1. The molecule has 0 aliphatic heterocycles. The molecule has 0 rings (SSSR count). The number of allylic oxidation sites excluding steroid dienone is 32. The van der Waals surface area contributed by atoms with Crippen LogP contribution in [0.2, 0.25) is 0 Å². The van der Waals surface area contributed by atoms with Crippen molar-refractivity contribution in [2.24, 2.45) is 0 Å². The van der Waals surface area contributed by atoms with Gasteiger partial charge >= 0.3 is 11.9 Å². The summed E-state index contributed by atoms with van der Waals surface area (Å²) >= 11 is 0. The van der Waals surface area contributed by atoms with Crippen molar-refractivity contribution in [3.8, 4) is 0 Å². The van der Waals surface area contributed by atoms with Crippen molar-refractivity contribution >= 4 is 19.8 Å². The Labute approximate surface area is 577 Å². The zero-order valence-corrected chi connectivity index (χ0v) is 61.2. The maximum Gasteiger partial charge on any atom is 0.306 e. The van der Waals surface area contributed by atoms with Gasteiger partial charge in [0.15, 0.2) is 6.10 Å². The summed E-state index contributed by atoms with van der Waals surface area (Å²) in [7, 11) is 1.13. The molecule has 0 saturated carbocycles. The second-order valence-electron chi connectivity index (χ2n) is 25.2. The Bertz CT molecular complexity index is 2290. The first-order valence-corrected chi connectivity index (χ1v) is 38.6. The number of hydrogen-bond acceptors (Lipinski definition) is 8. The lowest BCUT2D eigenvalue weighted by molar-refractivity contribution is -0.870. The molecule has 0 aromatic heterocycles. The van der Waals surface area contributed by atoms with Gasteiger partial charge in [0.25, 0.3) is 7.82 Å².